The van der Waals surface area contributed by atoms with Crippen LogP contribution in [0.2, 0.25) is 0 Å². The van der Waals surface area contributed by atoms with Gasteiger partial charge in [0.25, 0.3) is 0 Å². The molecule has 0 aliphatic carbocycles. The average Bonchev–Trinajstić information content (AvgIpc) is 2.30. The summed E-state index contributed by atoms with van der Waals surface area (Å²) in [7, 11) is 0. The minimum atomic E-state index is -0.294. The van der Waals surface area contributed by atoms with Gasteiger partial charge in [0.15, 0.2) is 0 Å². The van der Waals surface area contributed by atoms with E-state index in [1.807, 2.05) is 13.0 Å². The number of anilines is 1. The zero-order valence-corrected chi connectivity index (χ0v) is 8.94. The Morgan fingerprint density at radius 1 is 1.31 bits per heavy atom. The van der Waals surface area contributed by atoms with Crippen molar-refractivity contribution in [3.63, 3.8) is 0 Å². The first-order chi connectivity index (χ1) is 7.60. The fraction of sp³-hybridized carbons (Fsp3) is 0.182. The summed E-state index contributed by atoms with van der Waals surface area (Å²) in [5.41, 5.74) is 4.23. The van der Waals surface area contributed by atoms with Crippen molar-refractivity contribution in [3.8, 4) is 17.9 Å². The lowest BCUT2D eigenvalue weighted by Gasteiger charge is -2.08. The molecule has 1 rings (SSSR count). The summed E-state index contributed by atoms with van der Waals surface area (Å²) < 4.78 is 0. The van der Waals surface area contributed by atoms with Crippen LogP contribution in [0.3, 0.4) is 0 Å². The van der Waals surface area contributed by atoms with Crippen LogP contribution < -0.4 is 5.43 Å². The van der Waals surface area contributed by atoms with Gasteiger partial charge in [-0.15, -0.1) is 0 Å². The van der Waals surface area contributed by atoms with Crippen molar-refractivity contribution in [2.75, 3.05) is 5.43 Å². The molecule has 0 unspecified atom stereocenters. The number of phenolic OH excluding ortho intramolecular Hbond substituents is 1. The van der Waals surface area contributed by atoms with Crippen molar-refractivity contribution in [1.82, 2.24) is 0 Å². The van der Waals surface area contributed by atoms with Crippen LogP contribution in [0.25, 0.3) is 0 Å². The molecule has 80 valence electrons. The fourth-order valence-corrected chi connectivity index (χ4v) is 1.08. The van der Waals surface area contributed by atoms with E-state index in [9.17, 15) is 5.11 Å². The van der Waals surface area contributed by atoms with Gasteiger partial charge in [0.2, 0.25) is 5.71 Å². The predicted octanol–water partition coefficient (Wildman–Crippen LogP) is 1.82. The number of aromatic hydroxyl groups is 1. The highest BCUT2D eigenvalue weighted by molar-refractivity contribution is 6.10. The van der Waals surface area contributed by atoms with Crippen molar-refractivity contribution >= 4 is 11.4 Å². The van der Waals surface area contributed by atoms with Crippen LogP contribution in [0, 0.1) is 36.5 Å². The maximum absolute atomic E-state index is 9.74. The third-order valence-electron chi connectivity index (χ3n) is 2.20. The fourth-order valence-electron chi connectivity index (χ4n) is 1.08. The largest absolute Gasteiger partial charge is 0.505 e. The molecule has 0 spiro atoms. The molecule has 0 fully saturated rings. The molecule has 0 saturated heterocycles. The zero-order chi connectivity index (χ0) is 12.1. The molecule has 0 aliphatic rings. The van der Waals surface area contributed by atoms with Crippen molar-refractivity contribution in [3.05, 3.63) is 23.3 Å². The number of nitriles is 2. The number of hydrogen-bond donors (Lipinski definition) is 2. The molecular formula is C11H10N4O. The van der Waals surface area contributed by atoms with Crippen LogP contribution >= 0.6 is 0 Å². The highest BCUT2D eigenvalue weighted by atomic mass is 16.3. The Balaban J connectivity index is 3.02. The highest BCUT2D eigenvalue weighted by Crippen LogP contribution is 2.29. The van der Waals surface area contributed by atoms with Crippen molar-refractivity contribution in [2.24, 2.45) is 5.10 Å². The minimum Gasteiger partial charge on any atom is -0.505 e. The monoisotopic (exact) mass is 214 g/mol. The van der Waals surface area contributed by atoms with Crippen LogP contribution in [0.5, 0.6) is 5.75 Å². The van der Waals surface area contributed by atoms with Gasteiger partial charge >= 0.3 is 0 Å². The molecule has 0 aromatic heterocycles. The smallest absolute Gasteiger partial charge is 0.237 e. The lowest BCUT2D eigenvalue weighted by Crippen LogP contribution is -1.97. The number of hydrogen-bond acceptors (Lipinski definition) is 5. The number of benzene rings is 1. The topological polar surface area (TPSA) is 92.2 Å². The predicted molar refractivity (Wildman–Crippen MR) is 59.9 cm³/mol. The van der Waals surface area contributed by atoms with Gasteiger partial charge in [-0.1, -0.05) is 6.07 Å². The summed E-state index contributed by atoms with van der Waals surface area (Å²) in [5, 5.41) is 30.2. The van der Waals surface area contributed by atoms with Gasteiger partial charge in [-0.05, 0) is 31.0 Å². The number of nitrogens with one attached hydrogen (secondary N) is 1. The molecule has 0 aliphatic heterocycles. The van der Waals surface area contributed by atoms with Crippen molar-refractivity contribution < 1.29 is 5.11 Å². The van der Waals surface area contributed by atoms with E-state index in [2.05, 4.69) is 10.5 Å². The van der Waals surface area contributed by atoms with Gasteiger partial charge in [0.05, 0.1) is 5.69 Å². The third-order valence-corrected chi connectivity index (χ3v) is 2.20. The summed E-state index contributed by atoms with van der Waals surface area (Å²) in [6.45, 7) is 3.65. The van der Waals surface area contributed by atoms with Gasteiger partial charge in [-0.25, -0.2) is 0 Å². The second-order valence-electron chi connectivity index (χ2n) is 3.20. The van der Waals surface area contributed by atoms with Crippen LogP contribution in [0.1, 0.15) is 11.1 Å². The molecule has 0 heterocycles. The maximum atomic E-state index is 9.74. The first-order valence-electron chi connectivity index (χ1n) is 4.53. The number of nitrogens with zero attached hydrogens (tertiary/aromatic N) is 3. The Labute approximate surface area is 93.3 Å². The van der Waals surface area contributed by atoms with Gasteiger partial charge in [0.1, 0.15) is 17.9 Å². The van der Waals surface area contributed by atoms with E-state index in [1.54, 1.807) is 25.1 Å². The Morgan fingerprint density at radius 2 is 1.94 bits per heavy atom. The first kappa shape index (κ1) is 11.5. The maximum Gasteiger partial charge on any atom is 0.237 e. The quantitative estimate of drug-likeness (QED) is 0.446. The third kappa shape index (κ3) is 2.28. The number of phenols is 1. The Hall–Kier alpha value is -2.53. The summed E-state index contributed by atoms with van der Waals surface area (Å²) in [6.07, 6.45) is 0. The van der Waals surface area contributed by atoms with Crippen molar-refractivity contribution in [1.29, 1.82) is 10.5 Å². The Morgan fingerprint density at radius 3 is 2.50 bits per heavy atom. The lowest BCUT2D eigenvalue weighted by molar-refractivity contribution is 0.472. The van der Waals surface area contributed by atoms with E-state index in [0.717, 1.165) is 11.1 Å². The SMILES string of the molecule is Cc1ccc(NN=C(C#N)C#N)c(O)c1C. The van der Waals surface area contributed by atoms with E-state index in [1.165, 1.54) is 0 Å². The van der Waals surface area contributed by atoms with Gasteiger partial charge in [-0.3, -0.25) is 5.43 Å². The van der Waals surface area contributed by atoms with Gasteiger partial charge in [0, 0.05) is 0 Å². The van der Waals surface area contributed by atoms with Crippen molar-refractivity contribution in [2.45, 2.75) is 13.8 Å². The Bertz CT molecular complexity index is 504. The number of hydrazone groups is 1. The molecule has 5 nitrogen and oxygen atoms in total. The molecule has 2 N–H and O–H groups in total. The molecule has 5 heteroatoms. The Kier molecular flexibility index (Phi) is 3.47. The van der Waals surface area contributed by atoms with E-state index < -0.39 is 0 Å². The molecule has 0 amide bonds. The van der Waals surface area contributed by atoms with E-state index in [4.69, 9.17) is 10.5 Å². The summed E-state index contributed by atoms with van der Waals surface area (Å²) in [4.78, 5) is 0. The molecule has 0 radical (unpaired) electrons. The van der Waals surface area contributed by atoms with Gasteiger partial charge < -0.3 is 5.11 Å². The molecule has 16 heavy (non-hydrogen) atoms. The minimum absolute atomic E-state index is 0.0685. The van der Waals surface area contributed by atoms with Gasteiger partial charge in [-0.2, -0.15) is 15.6 Å². The van der Waals surface area contributed by atoms with E-state index >= 15 is 0 Å². The summed E-state index contributed by atoms with van der Waals surface area (Å²) >= 11 is 0. The molecule has 1 aromatic rings. The molecule has 0 atom stereocenters. The summed E-state index contributed by atoms with van der Waals surface area (Å²) in [5.74, 6) is 0.0685. The second-order valence-corrected chi connectivity index (χ2v) is 3.20. The number of rotatable bonds is 2. The second kappa shape index (κ2) is 4.81. The average molecular weight is 214 g/mol. The highest BCUT2D eigenvalue weighted by Gasteiger charge is 2.05. The van der Waals surface area contributed by atoms with Crippen LogP contribution in [0.15, 0.2) is 17.2 Å². The number of aryl methyl sites for hydroxylation is 1. The van der Waals surface area contributed by atoms with Crippen LogP contribution in [0.4, 0.5) is 5.69 Å². The van der Waals surface area contributed by atoms with Crippen LogP contribution in [-0.2, 0) is 0 Å². The summed E-state index contributed by atoms with van der Waals surface area (Å²) in [6, 6.07) is 6.67. The molecule has 1 aromatic carbocycles. The standard InChI is InChI=1S/C11H10N4O/c1-7-3-4-10(11(16)8(7)2)15-14-9(5-12)6-13/h3-4,15-16H,1-2H3. The first-order valence-corrected chi connectivity index (χ1v) is 4.53. The van der Waals surface area contributed by atoms with Crippen LogP contribution in [-0.4, -0.2) is 10.8 Å². The molecular weight excluding hydrogens is 204 g/mol. The lowest BCUT2D eigenvalue weighted by atomic mass is 10.1. The molecule has 0 saturated carbocycles. The normalized spacial score (nSPS) is 8.75. The zero-order valence-electron chi connectivity index (χ0n) is 8.94. The van der Waals surface area contributed by atoms with E-state index in [0.29, 0.717) is 5.69 Å². The molecule has 0 bridgehead atoms. The van der Waals surface area contributed by atoms with E-state index in [-0.39, 0.29) is 11.5 Å².